The van der Waals surface area contributed by atoms with Crippen molar-refractivity contribution in [2.24, 2.45) is 17.6 Å². The van der Waals surface area contributed by atoms with E-state index in [0.29, 0.717) is 24.0 Å². The van der Waals surface area contributed by atoms with Crippen LogP contribution in [0, 0.1) is 11.8 Å². The van der Waals surface area contributed by atoms with Gasteiger partial charge in [0.05, 0.1) is 43.4 Å². The van der Waals surface area contributed by atoms with E-state index in [2.05, 4.69) is 39.6 Å². The second-order valence-electron chi connectivity index (χ2n) is 17.6. The van der Waals surface area contributed by atoms with Crippen LogP contribution in [0.1, 0.15) is 113 Å². The maximum Gasteiger partial charge on any atom is 0.407 e. The lowest BCUT2D eigenvalue weighted by atomic mass is 9.84. The molecule has 16 heteroatoms. The molecule has 4 aliphatic rings. The summed E-state index contributed by atoms with van der Waals surface area (Å²) >= 11 is 0. The van der Waals surface area contributed by atoms with E-state index >= 15 is 0 Å². The molecular formula is C43H74N6O10. The molecule has 59 heavy (non-hydrogen) atoms. The van der Waals surface area contributed by atoms with Gasteiger partial charge < -0.3 is 46.1 Å². The van der Waals surface area contributed by atoms with E-state index in [1.807, 2.05) is 0 Å². The zero-order valence-electron chi connectivity index (χ0n) is 36.6. The van der Waals surface area contributed by atoms with Crippen molar-refractivity contribution in [1.29, 1.82) is 0 Å². The number of hydrogen-bond acceptors (Lipinski definition) is 11. The Hall–Kier alpha value is -3.57. The first kappa shape index (κ1) is 49.8. The smallest absolute Gasteiger partial charge is 0.407 e. The Morgan fingerprint density at radius 2 is 1.20 bits per heavy atom. The van der Waals surface area contributed by atoms with Crippen molar-refractivity contribution in [3.05, 3.63) is 23.3 Å². The fourth-order valence-corrected chi connectivity index (χ4v) is 8.42. The molecule has 8 atom stereocenters. The highest BCUT2D eigenvalue weighted by Gasteiger charge is 2.42. The summed E-state index contributed by atoms with van der Waals surface area (Å²) in [7, 11) is 0. The molecule has 0 bridgehead atoms. The Labute approximate surface area is 351 Å². The van der Waals surface area contributed by atoms with E-state index in [-0.39, 0.29) is 48.4 Å². The maximum atomic E-state index is 12.5. The molecule has 0 radical (unpaired) electrons. The molecule has 16 nitrogen and oxygen atoms in total. The number of nitrogens with zero attached hydrogens (tertiary/aromatic N) is 2. The van der Waals surface area contributed by atoms with Gasteiger partial charge in [0.2, 0.25) is 11.8 Å². The number of carboxylic acids is 2. The molecule has 0 aromatic carbocycles. The summed E-state index contributed by atoms with van der Waals surface area (Å²) in [4.78, 5) is 64.0. The molecule has 0 spiro atoms. The van der Waals surface area contributed by atoms with Gasteiger partial charge in [0.15, 0.2) is 0 Å². The Morgan fingerprint density at radius 3 is 1.64 bits per heavy atom. The van der Waals surface area contributed by atoms with E-state index in [9.17, 15) is 34.2 Å². The van der Waals surface area contributed by atoms with Gasteiger partial charge in [0.25, 0.3) is 0 Å². The first-order chi connectivity index (χ1) is 27.9. The summed E-state index contributed by atoms with van der Waals surface area (Å²) in [6.45, 7) is 18.7. The lowest BCUT2D eigenvalue weighted by molar-refractivity contribution is -0.134. The third-order valence-electron chi connectivity index (χ3n) is 11.2. The van der Waals surface area contributed by atoms with Gasteiger partial charge in [-0.25, -0.2) is 14.4 Å². The number of likely N-dealkylation sites (tertiary alicyclic amines) is 2. The molecule has 4 rings (SSSR count). The van der Waals surface area contributed by atoms with Gasteiger partial charge in [-0.15, -0.1) is 0 Å². The average molecular weight is 835 g/mol. The maximum absolute atomic E-state index is 12.5. The second kappa shape index (κ2) is 24.6. The van der Waals surface area contributed by atoms with E-state index in [4.69, 9.17) is 19.9 Å². The molecular weight excluding hydrogens is 761 g/mol. The lowest BCUT2D eigenvalue weighted by Crippen LogP contribution is -2.64. The minimum absolute atomic E-state index is 0.105. The number of alkyl carbamates (subject to hydrolysis) is 1. The number of carboxylic acid groups (broad SMARTS) is 2. The minimum Gasteiger partial charge on any atom is -0.478 e. The Balaban J connectivity index is 0.000000324. The number of aliphatic carboxylic acids is 2. The van der Waals surface area contributed by atoms with Crippen LogP contribution in [0.5, 0.6) is 0 Å². The number of nitrogens with one attached hydrogen (secondary N) is 3. The first-order valence-electron chi connectivity index (χ1n) is 21.7. The summed E-state index contributed by atoms with van der Waals surface area (Å²) in [6.07, 6.45) is 11.7. The summed E-state index contributed by atoms with van der Waals surface area (Å²) in [5.41, 5.74) is 6.11. The molecule has 2 fully saturated rings. The number of carbonyl (C=O) groups is 5. The number of unbranched alkanes of at least 4 members (excludes halogenated alkanes) is 2. The molecule has 0 aromatic rings. The lowest BCUT2D eigenvalue weighted by Gasteiger charge is -2.45. The van der Waals surface area contributed by atoms with Crippen molar-refractivity contribution in [3.63, 3.8) is 0 Å². The van der Waals surface area contributed by atoms with Gasteiger partial charge in [-0.2, -0.15) is 0 Å². The number of nitrogens with two attached hydrogens (primary N) is 1. The first-order valence-corrected chi connectivity index (χ1v) is 21.7. The van der Waals surface area contributed by atoms with E-state index in [1.54, 1.807) is 32.9 Å². The molecule has 0 saturated carbocycles. The standard InChI is InChI=1S/C24H41N3O6.C19H33N3O4/c1-6-7-11-32-15-17-9-8-10-27(14-17)20-13-18(22(29)30)12-19(21(20)25-16(2)28)26-23(31)33-24(3,4)5;1-3-4-8-26-12-14-6-5-7-22(11-14)17-10-15(19(24)25)9-16(20)18(17)21-13(2)23/h13,17,19-21H,6-12,14-15H2,1-5H3,(H,25,28)(H,26,31)(H,29,30);10,14,16-18H,3-9,11-12,20H2,1-2H3,(H,21,23)(H,24,25)/t17-,19-,20+,21+;14-,16-,17+,18+/m00/s1. The summed E-state index contributed by atoms with van der Waals surface area (Å²) in [5, 5.41) is 27.9. The quantitative estimate of drug-likeness (QED) is 0.115. The van der Waals surface area contributed by atoms with Crippen LogP contribution in [0.15, 0.2) is 23.3 Å². The zero-order valence-corrected chi connectivity index (χ0v) is 36.6. The molecule has 3 amide bonds. The molecule has 2 aliphatic carbocycles. The van der Waals surface area contributed by atoms with E-state index in [1.165, 1.54) is 13.8 Å². The van der Waals surface area contributed by atoms with Crippen LogP contribution in [0.2, 0.25) is 0 Å². The Kier molecular flexibility index (Phi) is 20.8. The van der Waals surface area contributed by atoms with Crippen LogP contribution < -0.4 is 21.7 Å². The van der Waals surface area contributed by atoms with Gasteiger partial charge in [-0.1, -0.05) is 38.8 Å². The Bertz CT molecular complexity index is 1450. The van der Waals surface area contributed by atoms with Crippen LogP contribution in [0.3, 0.4) is 0 Å². The summed E-state index contributed by atoms with van der Waals surface area (Å²) in [5.74, 6) is -1.55. The van der Waals surface area contributed by atoms with Gasteiger partial charge in [-0.05, 0) is 90.6 Å². The van der Waals surface area contributed by atoms with E-state index in [0.717, 1.165) is 97.4 Å². The summed E-state index contributed by atoms with van der Waals surface area (Å²) in [6, 6.07) is -2.29. The van der Waals surface area contributed by atoms with Crippen molar-refractivity contribution >= 4 is 29.8 Å². The highest BCUT2D eigenvalue weighted by Crippen LogP contribution is 2.29. The molecule has 2 aliphatic heterocycles. The van der Waals surface area contributed by atoms with Crippen LogP contribution in [0.4, 0.5) is 4.79 Å². The monoisotopic (exact) mass is 835 g/mol. The SMILES string of the molecule is CCCCOC[C@H]1CCCN([C@@H]2C=C(C(=O)O)C[C@H](N)[C@H]2NC(C)=O)C1.CCCCOC[C@H]1CCCN([C@@H]2C=C(C(=O)O)C[C@H](NC(=O)OC(C)(C)C)[C@H]2NC(C)=O)C1. The molecule has 2 saturated heterocycles. The minimum atomic E-state index is -1.02. The Morgan fingerprint density at radius 1 is 0.746 bits per heavy atom. The van der Waals surface area contributed by atoms with Gasteiger partial charge in [-0.3, -0.25) is 19.4 Å². The predicted octanol–water partition coefficient (Wildman–Crippen LogP) is 3.83. The normalized spacial score (nSPS) is 27.9. The number of piperidine rings is 2. The van der Waals surface area contributed by atoms with Crippen molar-refractivity contribution in [2.75, 3.05) is 52.6 Å². The highest BCUT2D eigenvalue weighted by atomic mass is 16.6. The molecule has 0 aromatic heterocycles. The largest absolute Gasteiger partial charge is 0.478 e. The highest BCUT2D eigenvalue weighted by molar-refractivity contribution is 5.88. The zero-order chi connectivity index (χ0) is 43.7. The van der Waals surface area contributed by atoms with Crippen molar-refractivity contribution in [2.45, 2.75) is 155 Å². The molecule has 336 valence electrons. The number of amides is 3. The van der Waals surface area contributed by atoms with Crippen LogP contribution in [0.25, 0.3) is 0 Å². The predicted molar refractivity (Wildman–Crippen MR) is 225 cm³/mol. The molecule has 2 heterocycles. The number of hydrogen-bond donors (Lipinski definition) is 6. The van der Waals surface area contributed by atoms with Crippen molar-refractivity contribution < 1.29 is 48.4 Å². The van der Waals surface area contributed by atoms with Gasteiger partial charge in [0.1, 0.15) is 5.60 Å². The number of ether oxygens (including phenoxy) is 3. The molecule has 7 N–H and O–H groups in total. The fraction of sp³-hybridized carbons (Fsp3) is 0.791. The number of carbonyl (C=O) groups excluding carboxylic acids is 3. The van der Waals surface area contributed by atoms with Crippen molar-refractivity contribution in [1.82, 2.24) is 25.8 Å². The second-order valence-corrected chi connectivity index (χ2v) is 17.6. The van der Waals surface area contributed by atoms with Gasteiger partial charge in [0, 0.05) is 63.8 Å². The van der Waals surface area contributed by atoms with E-state index < -0.39 is 41.8 Å². The third kappa shape index (κ3) is 17.1. The third-order valence-corrected chi connectivity index (χ3v) is 11.2. The topological polar surface area (TPSA) is 222 Å². The van der Waals surface area contributed by atoms with Crippen LogP contribution in [-0.4, -0.2) is 144 Å². The van der Waals surface area contributed by atoms with Gasteiger partial charge >= 0.3 is 18.0 Å². The van der Waals surface area contributed by atoms with Crippen molar-refractivity contribution in [3.8, 4) is 0 Å². The average Bonchev–Trinajstić information content (AvgIpc) is 3.15. The van der Waals surface area contributed by atoms with Crippen LogP contribution in [-0.2, 0) is 33.4 Å². The fourth-order valence-electron chi connectivity index (χ4n) is 8.42. The van der Waals surface area contributed by atoms with Crippen LogP contribution >= 0.6 is 0 Å². The summed E-state index contributed by atoms with van der Waals surface area (Å²) < 4.78 is 17.0. The number of rotatable bonds is 17. The molecule has 0 unspecified atom stereocenters.